The fourth-order valence-electron chi connectivity index (χ4n) is 1.79. The Morgan fingerprint density at radius 3 is 2.93 bits per heavy atom. The molecule has 0 fully saturated rings. The maximum atomic E-state index is 11.7. The number of nitrogens with zero attached hydrogens (tertiary/aromatic N) is 1. The number of amides is 1. The minimum absolute atomic E-state index is 0.0994. The Labute approximate surface area is 94.0 Å². The molecule has 0 spiro atoms. The zero-order valence-corrected chi connectivity index (χ0v) is 9.51. The van der Waals surface area contributed by atoms with Gasteiger partial charge in [-0.25, -0.2) is 0 Å². The van der Waals surface area contributed by atoms with E-state index in [-0.39, 0.29) is 11.9 Å². The van der Waals surface area contributed by atoms with Gasteiger partial charge >= 0.3 is 0 Å². The molecule has 15 heavy (non-hydrogen) atoms. The molecule has 80 valence electrons. The van der Waals surface area contributed by atoms with Crippen LogP contribution in [-0.2, 0) is 11.2 Å². The molecule has 1 aliphatic heterocycles. The maximum absolute atomic E-state index is 11.7. The number of likely N-dealkylation sites (N-methyl/N-ethyl adjacent to an activating group) is 1. The van der Waals surface area contributed by atoms with Gasteiger partial charge in [0.1, 0.15) is 6.04 Å². The average Bonchev–Trinajstić information content (AvgIpc) is 2.58. The quantitative estimate of drug-likeness (QED) is 0.789. The number of fused-ring (bicyclic) bond motifs is 1. The number of rotatable bonds is 1. The molecule has 0 bridgehead atoms. The predicted molar refractivity (Wildman–Crippen MR) is 61.3 cm³/mol. The van der Waals surface area contributed by atoms with Crippen LogP contribution in [0.25, 0.3) is 0 Å². The van der Waals surface area contributed by atoms with Crippen molar-refractivity contribution < 1.29 is 4.79 Å². The van der Waals surface area contributed by atoms with Crippen LogP contribution in [-0.4, -0.2) is 30.9 Å². The Morgan fingerprint density at radius 2 is 2.27 bits per heavy atom. The van der Waals surface area contributed by atoms with Crippen molar-refractivity contribution in [1.82, 2.24) is 4.90 Å². The summed E-state index contributed by atoms with van der Waals surface area (Å²) in [5.41, 5.74) is 2.13. The Bertz CT molecular complexity index is 404. The van der Waals surface area contributed by atoms with Gasteiger partial charge in [0.25, 0.3) is 0 Å². The molecule has 1 amide bonds. The summed E-state index contributed by atoms with van der Waals surface area (Å²) >= 11 is 5.89. The van der Waals surface area contributed by atoms with Gasteiger partial charge in [0.2, 0.25) is 5.91 Å². The van der Waals surface area contributed by atoms with Crippen molar-refractivity contribution in [2.75, 3.05) is 19.4 Å². The minimum atomic E-state index is -0.145. The molecule has 1 aromatic carbocycles. The molecule has 0 saturated heterocycles. The van der Waals surface area contributed by atoms with Gasteiger partial charge in [-0.1, -0.05) is 11.6 Å². The van der Waals surface area contributed by atoms with E-state index in [0.29, 0.717) is 11.4 Å². The van der Waals surface area contributed by atoms with E-state index in [2.05, 4.69) is 5.32 Å². The first-order valence-electron chi connectivity index (χ1n) is 4.84. The molecule has 2 rings (SSSR count). The Morgan fingerprint density at radius 1 is 1.53 bits per heavy atom. The zero-order chi connectivity index (χ0) is 11.0. The second kappa shape index (κ2) is 3.74. The lowest BCUT2D eigenvalue weighted by Gasteiger charge is -2.16. The number of benzene rings is 1. The Hall–Kier alpha value is -1.22. The summed E-state index contributed by atoms with van der Waals surface area (Å²) in [7, 11) is 3.53. The van der Waals surface area contributed by atoms with Crippen LogP contribution < -0.4 is 5.32 Å². The Balaban J connectivity index is 2.19. The molecule has 1 N–H and O–H groups in total. The number of halogens is 1. The van der Waals surface area contributed by atoms with E-state index in [1.165, 1.54) is 0 Å². The standard InChI is InChI=1S/C11H13ClN2O/c1-14(2)11(15)10-6-7-5-8(12)3-4-9(7)13-10/h3-5,10,13H,6H2,1-2H3. The largest absolute Gasteiger partial charge is 0.373 e. The van der Waals surface area contributed by atoms with Crippen LogP contribution >= 0.6 is 11.6 Å². The second-order valence-electron chi connectivity index (χ2n) is 3.94. The number of anilines is 1. The smallest absolute Gasteiger partial charge is 0.244 e. The Kier molecular flexibility index (Phi) is 2.57. The first-order valence-corrected chi connectivity index (χ1v) is 5.22. The van der Waals surface area contributed by atoms with Crippen LogP contribution in [0.2, 0.25) is 5.02 Å². The van der Waals surface area contributed by atoms with Crippen molar-refractivity contribution in [2.45, 2.75) is 12.5 Å². The molecule has 0 radical (unpaired) electrons. The van der Waals surface area contributed by atoms with Gasteiger partial charge in [-0.3, -0.25) is 4.79 Å². The highest BCUT2D eigenvalue weighted by molar-refractivity contribution is 6.30. The monoisotopic (exact) mass is 224 g/mol. The van der Waals surface area contributed by atoms with Crippen LogP contribution in [0.4, 0.5) is 5.69 Å². The molecule has 4 heteroatoms. The lowest BCUT2D eigenvalue weighted by molar-refractivity contribution is -0.129. The molecular formula is C11H13ClN2O. The summed E-state index contributed by atoms with van der Waals surface area (Å²) in [6.45, 7) is 0. The fourth-order valence-corrected chi connectivity index (χ4v) is 1.99. The van der Waals surface area contributed by atoms with Crippen molar-refractivity contribution in [2.24, 2.45) is 0 Å². The lowest BCUT2D eigenvalue weighted by Crippen LogP contribution is -2.37. The predicted octanol–water partition coefficient (Wildman–Crippen LogP) is 1.76. The molecule has 1 heterocycles. The lowest BCUT2D eigenvalue weighted by atomic mass is 10.1. The van der Waals surface area contributed by atoms with Crippen LogP contribution in [0.5, 0.6) is 0 Å². The van der Waals surface area contributed by atoms with Crippen molar-refractivity contribution in [3.63, 3.8) is 0 Å². The molecule has 0 saturated carbocycles. The third kappa shape index (κ3) is 1.92. The average molecular weight is 225 g/mol. The summed E-state index contributed by atoms with van der Waals surface area (Å²) in [5.74, 6) is 0.0994. The number of hydrogen-bond donors (Lipinski definition) is 1. The summed E-state index contributed by atoms with van der Waals surface area (Å²) < 4.78 is 0. The van der Waals surface area contributed by atoms with Gasteiger partial charge in [-0.15, -0.1) is 0 Å². The van der Waals surface area contributed by atoms with Gasteiger partial charge in [0, 0.05) is 31.2 Å². The third-order valence-corrected chi connectivity index (χ3v) is 2.80. The maximum Gasteiger partial charge on any atom is 0.244 e. The van der Waals surface area contributed by atoms with Gasteiger partial charge in [-0.2, -0.15) is 0 Å². The van der Waals surface area contributed by atoms with Crippen LogP contribution in [0.3, 0.4) is 0 Å². The SMILES string of the molecule is CN(C)C(=O)C1Cc2cc(Cl)ccc2N1. The van der Waals surface area contributed by atoms with E-state index in [9.17, 15) is 4.79 Å². The third-order valence-electron chi connectivity index (χ3n) is 2.56. The number of carbonyl (C=O) groups is 1. The minimum Gasteiger partial charge on any atom is -0.373 e. The number of nitrogens with one attached hydrogen (secondary N) is 1. The van der Waals surface area contributed by atoms with Crippen LogP contribution in [0.15, 0.2) is 18.2 Å². The summed E-state index contributed by atoms with van der Waals surface area (Å²) in [5, 5.41) is 3.91. The highest BCUT2D eigenvalue weighted by Gasteiger charge is 2.27. The molecular weight excluding hydrogens is 212 g/mol. The van der Waals surface area contributed by atoms with Crippen molar-refractivity contribution >= 4 is 23.2 Å². The first kappa shape index (κ1) is 10.3. The normalized spacial score (nSPS) is 18.2. The zero-order valence-electron chi connectivity index (χ0n) is 8.75. The molecule has 1 aliphatic rings. The molecule has 1 atom stereocenters. The topological polar surface area (TPSA) is 32.3 Å². The summed E-state index contributed by atoms with van der Waals surface area (Å²) in [4.78, 5) is 13.3. The highest BCUT2D eigenvalue weighted by atomic mass is 35.5. The highest BCUT2D eigenvalue weighted by Crippen LogP contribution is 2.28. The molecule has 1 aromatic rings. The first-order chi connectivity index (χ1) is 7.08. The van der Waals surface area contributed by atoms with Crippen molar-refractivity contribution in [3.05, 3.63) is 28.8 Å². The van der Waals surface area contributed by atoms with Gasteiger partial charge in [0.15, 0.2) is 0 Å². The molecule has 3 nitrogen and oxygen atoms in total. The van der Waals surface area contributed by atoms with E-state index in [1.54, 1.807) is 19.0 Å². The van der Waals surface area contributed by atoms with Crippen molar-refractivity contribution in [1.29, 1.82) is 0 Å². The van der Waals surface area contributed by atoms with E-state index in [4.69, 9.17) is 11.6 Å². The fraction of sp³-hybridized carbons (Fsp3) is 0.364. The molecule has 0 aliphatic carbocycles. The van der Waals surface area contributed by atoms with E-state index in [0.717, 1.165) is 11.3 Å². The van der Waals surface area contributed by atoms with Gasteiger partial charge in [-0.05, 0) is 23.8 Å². The van der Waals surface area contributed by atoms with Crippen LogP contribution in [0.1, 0.15) is 5.56 Å². The van der Waals surface area contributed by atoms with Crippen molar-refractivity contribution in [3.8, 4) is 0 Å². The second-order valence-corrected chi connectivity index (χ2v) is 4.37. The van der Waals surface area contributed by atoms with E-state index < -0.39 is 0 Å². The number of carbonyl (C=O) groups excluding carboxylic acids is 1. The number of hydrogen-bond acceptors (Lipinski definition) is 2. The molecule has 1 unspecified atom stereocenters. The van der Waals surface area contributed by atoms with Gasteiger partial charge in [0.05, 0.1) is 0 Å². The van der Waals surface area contributed by atoms with Crippen LogP contribution in [0, 0.1) is 0 Å². The molecule has 0 aromatic heterocycles. The van der Waals surface area contributed by atoms with E-state index in [1.807, 2.05) is 18.2 Å². The van der Waals surface area contributed by atoms with Gasteiger partial charge < -0.3 is 10.2 Å². The summed E-state index contributed by atoms with van der Waals surface area (Å²) in [6.07, 6.45) is 0.715. The van der Waals surface area contributed by atoms with E-state index >= 15 is 0 Å². The summed E-state index contributed by atoms with van der Waals surface area (Å²) in [6, 6.07) is 5.51.